The van der Waals surface area contributed by atoms with Gasteiger partial charge in [-0.05, 0) is 36.0 Å². The Morgan fingerprint density at radius 3 is 2.76 bits per heavy atom. The third-order valence-electron chi connectivity index (χ3n) is 2.78. The van der Waals surface area contributed by atoms with E-state index in [2.05, 4.69) is 11.9 Å². The number of rotatable bonds is 3. The highest BCUT2D eigenvalue weighted by molar-refractivity contribution is 7.80. The molecule has 1 aromatic rings. The van der Waals surface area contributed by atoms with E-state index < -0.39 is 11.8 Å². The maximum absolute atomic E-state index is 12.3. The van der Waals surface area contributed by atoms with Crippen LogP contribution in [0.4, 0.5) is 0 Å². The number of aromatic hydroxyl groups is 1. The van der Waals surface area contributed by atoms with Gasteiger partial charge in [0.2, 0.25) is 0 Å². The zero-order valence-corrected chi connectivity index (χ0v) is 12.4. The molecule has 108 valence electrons. The summed E-state index contributed by atoms with van der Waals surface area (Å²) in [5.41, 5.74) is 0.454. The van der Waals surface area contributed by atoms with E-state index in [1.54, 1.807) is 6.07 Å². The van der Waals surface area contributed by atoms with Crippen molar-refractivity contribution in [3.05, 3.63) is 47.0 Å². The molecule has 0 aliphatic carbocycles. The van der Waals surface area contributed by atoms with Crippen LogP contribution in [0.1, 0.15) is 5.56 Å². The number of hydrogen-bond acceptors (Lipinski definition) is 4. The van der Waals surface area contributed by atoms with Gasteiger partial charge in [0.1, 0.15) is 11.3 Å². The summed E-state index contributed by atoms with van der Waals surface area (Å²) >= 11 is 10.7. The minimum atomic E-state index is -0.575. The second-order valence-corrected chi connectivity index (χ2v) is 5.03. The number of nitrogens with one attached hydrogen (secondary N) is 1. The van der Waals surface area contributed by atoms with Crippen molar-refractivity contribution in [3.8, 4) is 5.75 Å². The second-order valence-electron chi connectivity index (χ2n) is 4.23. The zero-order chi connectivity index (χ0) is 15.6. The molecule has 1 aliphatic heterocycles. The number of carbonyl (C=O) groups excluding carboxylic acids is 2. The summed E-state index contributed by atoms with van der Waals surface area (Å²) in [6.07, 6.45) is 2.90. The number of amides is 2. The molecule has 7 heteroatoms. The maximum Gasteiger partial charge on any atom is 0.265 e. The molecule has 1 heterocycles. The van der Waals surface area contributed by atoms with Crippen LogP contribution in [0.15, 0.2) is 36.4 Å². The van der Waals surface area contributed by atoms with Crippen LogP contribution in [0.3, 0.4) is 0 Å². The van der Waals surface area contributed by atoms with Crippen molar-refractivity contribution < 1.29 is 14.7 Å². The highest BCUT2D eigenvalue weighted by atomic mass is 35.5. The van der Waals surface area contributed by atoms with Crippen molar-refractivity contribution in [1.29, 1.82) is 0 Å². The van der Waals surface area contributed by atoms with E-state index in [1.807, 2.05) is 0 Å². The smallest absolute Gasteiger partial charge is 0.265 e. The van der Waals surface area contributed by atoms with Gasteiger partial charge in [-0.25, -0.2) is 0 Å². The number of hydrogen-bond donors (Lipinski definition) is 2. The van der Waals surface area contributed by atoms with Gasteiger partial charge in [0.05, 0.1) is 5.02 Å². The topological polar surface area (TPSA) is 69.6 Å². The van der Waals surface area contributed by atoms with Crippen LogP contribution in [-0.4, -0.2) is 33.5 Å². The van der Waals surface area contributed by atoms with Crippen LogP contribution in [0, 0.1) is 0 Å². The van der Waals surface area contributed by atoms with Crippen LogP contribution in [0.5, 0.6) is 5.75 Å². The molecule has 1 aromatic carbocycles. The van der Waals surface area contributed by atoms with Gasteiger partial charge < -0.3 is 5.11 Å². The highest BCUT2D eigenvalue weighted by Gasteiger charge is 2.32. The molecule has 0 unspecified atom stereocenters. The number of phenols is 1. The predicted molar refractivity (Wildman–Crippen MR) is 83.7 cm³/mol. The highest BCUT2D eigenvalue weighted by Crippen LogP contribution is 2.25. The standard InChI is InChI=1S/C14H11ClN2O3S/c1-2-5-17-13(20)9(12(19)16-14(17)21)6-8-3-4-11(18)10(15)7-8/h2-4,6-7,18H,1,5H2,(H,16,19,21)/b9-6+. The summed E-state index contributed by atoms with van der Waals surface area (Å²) < 4.78 is 0. The predicted octanol–water partition coefficient (Wildman–Crippen LogP) is 1.86. The summed E-state index contributed by atoms with van der Waals surface area (Å²) in [7, 11) is 0. The van der Waals surface area contributed by atoms with E-state index in [-0.39, 0.29) is 28.0 Å². The summed E-state index contributed by atoms with van der Waals surface area (Å²) in [6, 6.07) is 4.38. The van der Waals surface area contributed by atoms with Crippen molar-refractivity contribution in [2.75, 3.05) is 6.54 Å². The lowest BCUT2D eigenvalue weighted by molar-refractivity contribution is -0.128. The summed E-state index contributed by atoms with van der Waals surface area (Å²) in [5.74, 6) is -1.16. The first kappa shape index (κ1) is 15.2. The number of carbonyl (C=O) groups is 2. The lowest BCUT2D eigenvalue weighted by Crippen LogP contribution is -2.53. The van der Waals surface area contributed by atoms with Gasteiger partial charge in [-0.1, -0.05) is 23.7 Å². The zero-order valence-electron chi connectivity index (χ0n) is 10.8. The Bertz CT molecular complexity index is 685. The normalized spacial score (nSPS) is 17.1. The van der Waals surface area contributed by atoms with Gasteiger partial charge in [0.15, 0.2) is 5.11 Å². The van der Waals surface area contributed by atoms with Crippen LogP contribution in [0.2, 0.25) is 5.02 Å². The van der Waals surface area contributed by atoms with Crippen molar-refractivity contribution in [2.45, 2.75) is 0 Å². The Balaban J connectivity index is 2.40. The minimum Gasteiger partial charge on any atom is -0.506 e. The molecular weight excluding hydrogens is 312 g/mol. The van der Waals surface area contributed by atoms with Crippen molar-refractivity contribution in [2.24, 2.45) is 0 Å². The molecule has 5 nitrogen and oxygen atoms in total. The van der Waals surface area contributed by atoms with E-state index in [0.717, 1.165) is 0 Å². The molecule has 21 heavy (non-hydrogen) atoms. The first-order valence-corrected chi connectivity index (χ1v) is 6.71. The Morgan fingerprint density at radius 2 is 2.14 bits per heavy atom. The van der Waals surface area contributed by atoms with Crippen LogP contribution < -0.4 is 5.32 Å². The van der Waals surface area contributed by atoms with E-state index in [1.165, 1.54) is 29.2 Å². The SMILES string of the molecule is C=CCN1C(=O)/C(=C/c2ccc(O)c(Cl)c2)C(=O)NC1=S. The second kappa shape index (κ2) is 6.07. The fraction of sp³-hybridized carbons (Fsp3) is 0.0714. The van der Waals surface area contributed by atoms with E-state index in [4.69, 9.17) is 23.8 Å². The summed E-state index contributed by atoms with van der Waals surface area (Å²) in [5, 5.41) is 12.0. The number of thiocarbonyl (C=S) groups is 1. The molecule has 1 saturated heterocycles. The molecule has 0 bridgehead atoms. The first-order valence-electron chi connectivity index (χ1n) is 5.92. The average Bonchev–Trinajstić information content (AvgIpc) is 2.43. The minimum absolute atomic E-state index is 0.0470. The van der Waals surface area contributed by atoms with Crippen molar-refractivity contribution >= 4 is 46.8 Å². The molecule has 2 rings (SSSR count). The third-order valence-corrected chi connectivity index (χ3v) is 3.41. The fourth-order valence-corrected chi connectivity index (χ4v) is 2.21. The van der Waals surface area contributed by atoms with Crippen LogP contribution in [-0.2, 0) is 9.59 Å². The van der Waals surface area contributed by atoms with Gasteiger partial charge >= 0.3 is 0 Å². The largest absolute Gasteiger partial charge is 0.506 e. The van der Waals surface area contributed by atoms with E-state index in [0.29, 0.717) is 5.56 Å². The average molecular weight is 323 g/mol. The van der Waals surface area contributed by atoms with Gasteiger partial charge in [0.25, 0.3) is 11.8 Å². The Kier molecular flexibility index (Phi) is 4.40. The first-order chi connectivity index (χ1) is 9.93. The molecule has 0 radical (unpaired) electrons. The fourth-order valence-electron chi connectivity index (χ4n) is 1.77. The molecule has 0 aromatic heterocycles. The number of halogens is 1. The third kappa shape index (κ3) is 3.12. The monoisotopic (exact) mass is 322 g/mol. The molecule has 1 aliphatic rings. The van der Waals surface area contributed by atoms with Gasteiger partial charge in [0, 0.05) is 6.54 Å². The molecule has 0 atom stereocenters. The molecule has 2 amide bonds. The lowest BCUT2D eigenvalue weighted by Gasteiger charge is -2.27. The maximum atomic E-state index is 12.3. The van der Waals surface area contributed by atoms with Crippen LogP contribution >= 0.6 is 23.8 Å². The van der Waals surface area contributed by atoms with Crippen molar-refractivity contribution in [1.82, 2.24) is 10.2 Å². The van der Waals surface area contributed by atoms with E-state index in [9.17, 15) is 14.7 Å². The van der Waals surface area contributed by atoms with E-state index >= 15 is 0 Å². The Hall–Kier alpha value is -2.18. The van der Waals surface area contributed by atoms with Gasteiger partial charge in [-0.2, -0.15) is 0 Å². The summed E-state index contributed by atoms with van der Waals surface area (Å²) in [6.45, 7) is 3.74. The summed E-state index contributed by atoms with van der Waals surface area (Å²) in [4.78, 5) is 25.4. The Labute approximate surface area is 131 Å². The number of phenolic OH excluding ortho intramolecular Hbond substituents is 1. The Morgan fingerprint density at radius 1 is 1.43 bits per heavy atom. The quantitative estimate of drug-likeness (QED) is 0.386. The molecule has 2 N–H and O–H groups in total. The number of benzene rings is 1. The van der Waals surface area contributed by atoms with Gasteiger partial charge in [-0.3, -0.25) is 19.8 Å². The van der Waals surface area contributed by atoms with Crippen molar-refractivity contribution in [3.63, 3.8) is 0 Å². The molecule has 1 fully saturated rings. The number of nitrogens with zero attached hydrogens (tertiary/aromatic N) is 1. The molecule has 0 spiro atoms. The lowest BCUT2D eigenvalue weighted by atomic mass is 10.1. The van der Waals surface area contributed by atoms with Gasteiger partial charge in [-0.15, -0.1) is 6.58 Å². The molecule has 0 saturated carbocycles. The van der Waals surface area contributed by atoms with Crippen LogP contribution in [0.25, 0.3) is 6.08 Å². The molecular formula is C14H11ClN2O3S.